The van der Waals surface area contributed by atoms with E-state index in [1.165, 1.54) is 23.8 Å². The Morgan fingerprint density at radius 2 is 2.12 bits per heavy atom. The highest BCUT2D eigenvalue weighted by Crippen LogP contribution is 2.19. The quantitative estimate of drug-likeness (QED) is 0.818. The Kier molecular flexibility index (Phi) is 6.35. The summed E-state index contributed by atoms with van der Waals surface area (Å²) in [6, 6.07) is 10.5. The largest absolute Gasteiger partial charge is 0.350 e. The molecule has 0 bridgehead atoms. The zero-order valence-electron chi connectivity index (χ0n) is 14.9. The Bertz CT molecular complexity index is 747. The van der Waals surface area contributed by atoms with Gasteiger partial charge in [-0.05, 0) is 30.9 Å². The van der Waals surface area contributed by atoms with Crippen molar-refractivity contribution in [2.24, 2.45) is 5.92 Å². The number of aromatic nitrogens is 1. The molecule has 1 aliphatic rings. The fourth-order valence-corrected chi connectivity index (χ4v) is 3.95. The molecule has 2 aromatic rings. The lowest BCUT2D eigenvalue weighted by molar-refractivity contribution is -0.114. The summed E-state index contributed by atoms with van der Waals surface area (Å²) >= 11 is 1.26. The van der Waals surface area contributed by atoms with Crippen molar-refractivity contribution in [2.75, 3.05) is 25.0 Å². The maximum atomic E-state index is 12.3. The van der Waals surface area contributed by atoms with Crippen LogP contribution in [0.5, 0.6) is 0 Å². The lowest BCUT2D eigenvalue weighted by Crippen LogP contribution is -2.40. The normalized spacial score (nSPS) is 17.7. The molecule has 1 aromatic heterocycles. The fraction of sp³-hybridized carbons (Fsp3) is 0.421. The van der Waals surface area contributed by atoms with Gasteiger partial charge in [0, 0.05) is 31.9 Å². The van der Waals surface area contributed by atoms with Gasteiger partial charge in [0.05, 0.1) is 0 Å². The van der Waals surface area contributed by atoms with Crippen LogP contribution in [0.15, 0.2) is 35.7 Å². The zero-order valence-corrected chi connectivity index (χ0v) is 15.7. The molecule has 1 atom stereocenters. The first kappa shape index (κ1) is 18.5. The Balaban J connectivity index is 1.47. The zero-order chi connectivity index (χ0) is 18.4. The third kappa shape index (κ3) is 5.37. The number of nitrogens with zero attached hydrogens (tertiary/aromatic N) is 2. The Labute approximate surface area is 157 Å². The van der Waals surface area contributed by atoms with E-state index in [1.807, 2.05) is 6.07 Å². The van der Waals surface area contributed by atoms with Crippen LogP contribution in [0.2, 0.25) is 0 Å². The Morgan fingerprint density at radius 1 is 1.31 bits per heavy atom. The number of piperidine rings is 1. The number of benzene rings is 1. The van der Waals surface area contributed by atoms with Crippen molar-refractivity contribution in [3.05, 3.63) is 47.0 Å². The summed E-state index contributed by atoms with van der Waals surface area (Å²) in [6.45, 7) is 5.12. The summed E-state index contributed by atoms with van der Waals surface area (Å²) in [6.07, 6.45) is 2.27. The van der Waals surface area contributed by atoms with Crippen LogP contribution in [0.3, 0.4) is 0 Å². The third-order valence-electron chi connectivity index (χ3n) is 4.42. The van der Waals surface area contributed by atoms with Crippen LogP contribution in [0, 0.1) is 5.92 Å². The van der Waals surface area contributed by atoms with Gasteiger partial charge < -0.3 is 10.6 Å². The molecule has 1 aliphatic heterocycles. The van der Waals surface area contributed by atoms with Crippen molar-refractivity contribution in [1.29, 1.82) is 0 Å². The van der Waals surface area contributed by atoms with E-state index in [2.05, 4.69) is 44.8 Å². The van der Waals surface area contributed by atoms with Crippen LogP contribution in [-0.2, 0) is 11.3 Å². The maximum absolute atomic E-state index is 12.3. The van der Waals surface area contributed by atoms with E-state index in [1.54, 1.807) is 5.38 Å². The first-order chi connectivity index (χ1) is 12.6. The number of amides is 2. The van der Waals surface area contributed by atoms with E-state index in [4.69, 9.17) is 0 Å². The summed E-state index contributed by atoms with van der Waals surface area (Å²) in [5, 5.41) is 7.70. The summed E-state index contributed by atoms with van der Waals surface area (Å²) in [7, 11) is 0. The molecule has 0 radical (unpaired) electrons. The highest BCUT2D eigenvalue weighted by Gasteiger charge is 2.21. The highest BCUT2D eigenvalue weighted by molar-refractivity contribution is 7.14. The highest BCUT2D eigenvalue weighted by atomic mass is 32.1. The minimum Gasteiger partial charge on any atom is -0.350 e. The van der Waals surface area contributed by atoms with Crippen LogP contribution < -0.4 is 10.6 Å². The van der Waals surface area contributed by atoms with Crippen molar-refractivity contribution < 1.29 is 9.59 Å². The van der Waals surface area contributed by atoms with Gasteiger partial charge in [-0.3, -0.25) is 14.5 Å². The third-order valence-corrected chi connectivity index (χ3v) is 5.18. The van der Waals surface area contributed by atoms with Crippen molar-refractivity contribution in [1.82, 2.24) is 15.2 Å². The SMILES string of the molecule is CC(=O)Nc1nc(C(=O)NC[C@@H]2CCCN(Cc3ccccc3)C2)cs1. The van der Waals surface area contributed by atoms with E-state index in [9.17, 15) is 9.59 Å². The second-order valence-electron chi connectivity index (χ2n) is 6.66. The molecule has 1 fully saturated rings. The molecule has 0 unspecified atom stereocenters. The van der Waals surface area contributed by atoms with Crippen molar-refractivity contribution in [3.63, 3.8) is 0 Å². The molecule has 138 valence electrons. The lowest BCUT2D eigenvalue weighted by Gasteiger charge is -2.32. The van der Waals surface area contributed by atoms with Crippen molar-refractivity contribution in [2.45, 2.75) is 26.3 Å². The van der Waals surface area contributed by atoms with Crippen molar-refractivity contribution >= 4 is 28.3 Å². The van der Waals surface area contributed by atoms with E-state index < -0.39 is 0 Å². The number of likely N-dealkylation sites (tertiary alicyclic amines) is 1. The second-order valence-corrected chi connectivity index (χ2v) is 7.52. The number of hydrogen-bond donors (Lipinski definition) is 2. The predicted molar refractivity (Wildman–Crippen MR) is 103 cm³/mol. The van der Waals surface area contributed by atoms with Gasteiger partial charge in [0.25, 0.3) is 5.91 Å². The van der Waals surface area contributed by atoms with Crippen LogP contribution in [0.25, 0.3) is 0 Å². The topological polar surface area (TPSA) is 74.3 Å². The maximum Gasteiger partial charge on any atom is 0.270 e. The average Bonchev–Trinajstić information content (AvgIpc) is 3.09. The number of anilines is 1. The molecule has 1 saturated heterocycles. The van der Waals surface area contributed by atoms with E-state index >= 15 is 0 Å². The van der Waals surface area contributed by atoms with Crippen LogP contribution >= 0.6 is 11.3 Å². The van der Waals surface area contributed by atoms with Gasteiger partial charge in [0.15, 0.2) is 5.13 Å². The Hall–Kier alpha value is -2.25. The average molecular weight is 372 g/mol. The number of nitrogens with one attached hydrogen (secondary N) is 2. The predicted octanol–water partition coefficient (Wildman–Crippen LogP) is 2.74. The fourth-order valence-electron chi connectivity index (χ4n) is 3.22. The molecule has 2 N–H and O–H groups in total. The summed E-state index contributed by atoms with van der Waals surface area (Å²) in [5.74, 6) is 0.0786. The van der Waals surface area contributed by atoms with E-state index in [0.29, 0.717) is 23.3 Å². The number of thiazole rings is 1. The minimum absolute atomic E-state index is 0.182. The number of rotatable bonds is 6. The molecule has 26 heavy (non-hydrogen) atoms. The number of carbonyl (C=O) groups excluding carboxylic acids is 2. The van der Waals surface area contributed by atoms with Gasteiger partial charge >= 0.3 is 0 Å². The van der Waals surface area contributed by atoms with Crippen LogP contribution in [0.1, 0.15) is 35.8 Å². The molecule has 3 rings (SSSR count). The molecule has 1 aromatic carbocycles. The molecule has 0 saturated carbocycles. The van der Waals surface area contributed by atoms with Crippen LogP contribution in [-0.4, -0.2) is 41.3 Å². The first-order valence-electron chi connectivity index (χ1n) is 8.88. The summed E-state index contributed by atoms with van der Waals surface area (Å²) < 4.78 is 0. The van der Waals surface area contributed by atoms with Gasteiger partial charge in [-0.15, -0.1) is 11.3 Å². The van der Waals surface area contributed by atoms with Crippen molar-refractivity contribution in [3.8, 4) is 0 Å². The standard InChI is InChI=1S/C19H24N4O2S/c1-14(24)21-19-22-17(13-26-19)18(25)20-10-16-8-5-9-23(12-16)11-15-6-3-2-4-7-15/h2-4,6-7,13,16H,5,8-12H2,1H3,(H,20,25)(H,21,22,24)/t16-/m0/s1. The molecular formula is C19H24N4O2S. The van der Waals surface area contributed by atoms with Gasteiger partial charge in [-0.25, -0.2) is 4.98 Å². The first-order valence-corrected chi connectivity index (χ1v) is 9.75. The molecule has 7 heteroatoms. The molecule has 6 nitrogen and oxygen atoms in total. The molecule has 0 aliphatic carbocycles. The van der Waals surface area contributed by atoms with Crippen LogP contribution in [0.4, 0.5) is 5.13 Å². The molecule has 0 spiro atoms. The van der Waals surface area contributed by atoms with Gasteiger partial charge in [-0.2, -0.15) is 0 Å². The summed E-state index contributed by atoms with van der Waals surface area (Å²) in [4.78, 5) is 29.9. The monoisotopic (exact) mass is 372 g/mol. The number of carbonyl (C=O) groups is 2. The Morgan fingerprint density at radius 3 is 2.88 bits per heavy atom. The molecular weight excluding hydrogens is 348 g/mol. The summed E-state index contributed by atoms with van der Waals surface area (Å²) in [5.41, 5.74) is 1.68. The minimum atomic E-state index is -0.188. The smallest absolute Gasteiger partial charge is 0.270 e. The molecule has 2 amide bonds. The number of hydrogen-bond acceptors (Lipinski definition) is 5. The lowest BCUT2D eigenvalue weighted by atomic mass is 9.97. The van der Waals surface area contributed by atoms with Gasteiger partial charge in [0.2, 0.25) is 5.91 Å². The van der Waals surface area contributed by atoms with Gasteiger partial charge in [-0.1, -0.05) is 30.3 Å². The molecule has 2 heterocycles. The van der Waals surface area contributed by atoms with E-state index in [0.717, 1.165) is 32.5 Å². The van der Waals surface area contributed by atoms with Gasteiger partial charge in [0.1, 0.15) is 5.69 Å². The van der Waals surface area contributed by atoms with E-state index in [-0.39, 0.29) is 11.8 Å². The second kappa shape index (κ2) is 8.91.